The maximum Gasteiger partial charge on any atom is 0.0978 e. The maximum absolute atomic E-state index is 5.70. The Kier molecular flexibility index (Phi) is 5.74. The smallest absolute Gasteiger partial charge is 0.0978 e. The van der Waals surface area contributed by atoms with Gasteiger partial charge in [0.15, 0.2) is 0 Å². The molecule has 14 heavy (non-hydrogen) atoms. The van der Waals surface area contributed by atoms with E-state index in [-0.39, 0.29) is 0 Å². The molecule has 0 heterocycles. The van der Waals surface area contributed by atoms with Crippen molar-refractivity contribution in [1.82, 2.24) is 0 Å². The Bertz CT molecular complexity index is 157. The first-order valence-electron chi connectivity index (χ1n) is 6.15. The third-order valence-electron chi connectivity index (χ3n) is 3.16. The standard InChI is InChI=1S/C13H24O/c1-3-4-8-11-14-12(2)13-9-6-5-7-10-13/h8,11-13H,3-7,9-10H2,1-2H3. The van der Waals surface area contributed by atoms with E-state index in [1.54, 1.807) is 0 Å². The Morgan fingerprint density at radius 2 is 2.00 bits per heavy atom. The molecule has 0 bridgehead atoms. The molecule has 1 aliphatic carbocycles. The molecule has 1 aliphatic rings. The van der Waals surface area contributed by atoms with Crippen LogP contribution in [0, 0.1) is 5.92 Å². The summed E-state index contributed by atoms with van der Waals surface area (Å²) in [5.41, 5.74) is 0. The van der Waals surface area contributed by atoms with Crippen molar-refractivity contribution in [2.24, 2.45) is 5.92 Å². The molecule has 0 spiro atoms. The third-order valence-corrected chi connectivity index (χ3v) is 3.16. The third kappa shape index (κ3) is 4.17. The normalized spacial score (nSPS) is 21.3. The summed E-state index contributed by atoms with van der Waals surface area (Å²) < 4.78 is 5.70. The Morgan fingerprint density at radius 3 is 2.64 bits per heavy atom. The van der Waals surface area contributed by atoms with Crippen LogP contribution in [0.3, 0.4) is 0 Å². The minimum Gasteiger partial charge on any atom is -0.498 e. The summed E-state index contributed by atoms with van der Waals surface area (Å²) in [6, 6.07) is 0. The van der Waals surface area contributed by atoms with Crippen LogP contribution in [0.4, 0.5) is 0 Å². The van der Waals surface area contributed by atoms with Crippen LogP contribution in [0.15, 0.2) is 12.3 Å². The van der Waals surface area contributed by atoms with Crippen LogP contribution in [0.1, 0.15) is 58.8 Å². The molecular formula is C13H24O. The van der Waals surface area contributed by atoms with Crippen molar-refractivity contribution in [3.05, 3.63) is 12.3 Å². The summed E-state index contributed by atoms with van der Waals surface area (Å²) in [5, 5.41) is 0. The average Bonchev–Trinajstić information content (AvgIpc) is 2.25. The van der Waals surface area contributed by atoms with Gasteiger partial charge in [0, 0.05) is 0 Å². The zero-order valence-corrected chi connectivity index (χ0v) is 9.67. The highest BCUT2D eigenvalue weighted by atomic mass is 16.5. The molecule has 0 aliphatic heterocycles. The van der Waals surface area contributed by atoms with E-state index < -0.39 is 0 Å². The van der Waals surface area contributed by atoms with Crippen LogP contribution in [0.25, 0.3) is 0 Å². The lowest BCUT2D eigenvalue weighted by Gasteiger charge is -2.26. The molecule has 0 N–H and O–H groups in total. The van der Waals surface area contributed by atoms with Crippen LogP contribution in [0.2, 0.25) is 0 Å². The summed E-state index contributed by atoms with van der Waals surface area (Å²) >= 11 is 0. The summed E-state index contributed by atoms with van der Waals surface area (Å²) in [4.78, 5) is 0. The van der Waals surface area contributed by atoms with Gasteiger partial charge in [0.1, 0.15) is 0 Å². The van der Waals surface area contributed by atoms with Crippen molar-refractivity contribution in [2.75, 3.05) is 0 Å². The van der Waals surface area contributed by atoms with Gasteiger partial charge in [0.05, 0.1) is 12.4 Å². The van der Waals surface area contributed by atoms with Gasteiger partial charge >= 0.3 is 0 Å². The van der Waals surface area contributed by atoms with Crippen molar-refractivity contribution in [2.45, 2.75) is 64.9 Å². The van der Waals surface area contributed by atoms with Gasteiger partial charge in [-0.1, -0.05) is 32.6 Å². The van der Waals surface area contributed by atoms with E-state index in [2.05, 4.69) is 19.9 Å². The number of ether oxygens (including phenoxy) is 1. The summed E-state index contributed by atoms with van der Waals surface area (Å²) in [6.45, 7) is 4.40. The van der Waals surface area contributed by atoms with Gasteiger partial charge < -0.3 is 4.74 Å². The molecule has 0 saturated heterocycles. The Hall–Kier alpha value is -0.460. The first kappa shape index (κ1) is 11.6. The molecule has 1 atom stereocenters. The Labute approximate surface area is 88.5 Å². The van der Waals surface area contributed by atoms with Gasteiger partial charge in [-0.15, -0.1) is 0 Å². The van der Waals surface area contributed by atoms with Gasteiger partial charge in [-0.05, 0) is 38.2 Å². The van der Waals surface area contributed by atoms with Gasteiger partial charge in [-0.3, -0.25) is 0 Å². The van der Waals surface area contributed by atoms with E-state index >= 15 is 0 Å². The van der Waals surface area contributed by atoms with Gasteiger partial charge in [-0.25, -0.2) is 0 Å². The number of hydrogen-bond donors (Lipinski definition) is 0. The first-order chi connectivity index (χ1) is 6.84. The highest BCUT2D eigenvalue weighted by molar-refractivity contribution is 4.77. The van der Waals surface area contributed by atoms with Crippen molar-refractivity contribution < 1.29 is 4.74 Å². The lowest BCUT2D eigenvalue weighted by atomic mass is 9.86. The van der Waals surface area contributed by atoms with E-state index in [1.807, 2.05) is 6.26 Å². The average molecular weight is 196 g/mol. The molecule has 1 heteroatoms. The van der Waals surface area contributed by atoms with Crippen LogP contribution in [0.5, 0.6) is 0 Å². The van der Waals surface area contributed by atoms with Crippen LogP contribution in [-0.2, 0) is 4.74 Å². The Balaban J connectivity index is 2.16. The fraction of sp³-hybridized carbons (Fsp3) is 0.846. The van der Waals surface area contributed by atoms with Crippen LogP contribution >= 0.6 is 0 Å². The van der Waals surface area contributed by atoms with Crippen LogP contribution in [-0.4, -0.2) is 6.10 Å². The highest BCUT2D eigenvalue weighted by Crippen LogP contribution is 2.27. The molecule has 0 aromatic rings. The number of hydrogen-bond acceptors (Lipinski definition) is 1. The van der Waals surface area contributed by atoms with Crippen LogP contribution < -0.4 is 0 Å². The molecule has 1 saturated carbocycles. The molecule has 0 aromatic carbocycles. The van der Waals surface area contributed by atoms with Crippen molar-refractivity contribution in [3.8, 4) is 0 Å². The monoisotopic (exact) mass is 196 g/mol. The lowest BCUT2D eigenvalue weighted by molar-refractivity contribution is 0.0810. The largest absolute Gasteiger partial charge is 0.498 e. The molecular weight excluding hydrogens is 172 g/mol. The van der Waals surface area contributed by atoms with E-state index in [0.717, 1.165) is 12.3 Å². The first-order valence-corrected chi connectivity index (χ1v) is 6.15. The van der Waals surface area contributed by atoms with E-state index in [0.29, 0.717) is 6.10 Å². The number of unbranched alkanes of at least 4 members (excludes halogenated alkanes) is 1. The molecule has 0 radical (unpaired) electrons. The highest BCUT2D eigenvalue weighted by Gasteiger charge is 2.19. The zero-order chi connectivity index (χ0) is 10.2. The molecule has 1 unspecified atom stereocenters. The topological polar surface area (TPSA) is 9.23 Å². The SMILES string of the molecule is CCCC=COC(C)C1CCCCC1. The second-order valence-corrected chi connectivity index (χ2v) is 4.40. The maximum atomic E-state index is 5.70. The summed E-state index contributed by atoms with van der Waals surface area (Å²) in [7, 11) is 0. The number of allylic oxidation sites excluding steroid dienone is 1. The lowest BCUT2D eigenvalue weighted by Crippen LogP contribution is -2.21. The fourth-order valence-electron chi connectivity index (χ4n) is 2.13. The summed E-state index contributed by atoms with van der Waals surface area (Å²) in [6.07, 6.45) is 13.8. The molecule has 0 amide bonds. The molecule has 1 fully saturated rings. The summed E-state index contributed by atoms with van der Waals surface area (Å²) in [5.74, 6) is 0.801. The van der Waals surface area contributed by atoms with E-state index in [9.17, 15) is 0 Å². The van der Waals surface area contributed by atoms with Crippen molar-refractivity contribution in [1.29, 1.82) is 0 Å². The van der Waals surface area contributed by atoms with Gasteiger partial charge in [-0.2, -0.15) is 0 Å². The second kappa shape index (κ2) is 6.92. The second-order valence-electron chi connectivity index (χ2n) is 4.40. The predicted molar refractivity (Wildman–Crippen MR) is 61.2 cm³/mol. The van der Waals surface area contributed by atoms with Gasteiger partial charge in [0.25, 0.3) is 0 Å². The molecule has 1 rings (SSSR count). The van der Waals surface area contributed by atoms with Crippen molar-refractivity contribution >= 4 is 0 Å². The Morgan fingerprint density at radius 1 is 1.29 bits per heavy atom. The minimum absolute atomic E-state index is 0.420. The minimum atomic E-state index is 0.420. The number of rotatable bonds is 5. The molecule has 1 nitrogen and oxygen atoms in total. The quantitative estimate of drug-likeness (QED) is 0.596. The van der Waals surface area contributed by atoms with E-state index in [4.69, 9.17) is 4.74 Å². The molecule has 82 valence electrons. The fourth-order valence-corrected chi connectivity index (χ4v) is 2.13. The van der Waals surface area contributed by atoms with Gasteiger partial charge in [0.2, 0.25) is 0 Å². The predicted octanol–water partition coefficient (Wildman–Crippen LogP) is 4.29. The zero-order valence-electron chi connectivity index (χ0n) is 9.67. The molecule has 0 aromatic heterocycles. The van der Waals surface area contributed by atoms with E-state index in [1.165, 1.54) is 38.5 Å². The van der Waals surface area contributed by atoms with Crippen molar-refractivity contribution in [3.63, 3.8) is 0 Å².